The van der Waals surface area contributed by atoms with Crippen molar-refractivity contribution in [2.75, 3.05) is 7.11 Å². The highest BCUT2D eigenvalue weighted by molar-refractivity contribution is 5.88. The van der Waals surface area contributed by atoms with Gasteiger partial charge in [0.15, 0.2) is 18.3 Å². The maximum absolute atomic E-state index is 13.5. The summed E-state index contributed by atoms with van der Waals surface area (Å²) in [7, 11) is 1.20. The summed E-state index contributed by atoms with van der Waals surface area (Å²) in [5.74, 6) is -5.00. The minimum absolute atomic E-state index is 0.276. The Kier molecular flexibility index (Phi) is 20.5. The van der Waals surface area contributed by atoms with Gasteiger partial charge >= 0.3 is 29.8 Å². The van der Waals surface area contributed by atoms with Gasteiger partial charge in [-0.3, -0.25) is 24.0 Å². The summed E-state index contributed by atoms with van der Waals surface area (Å²) in [6.45, 7) is 6.47. The van der Waals surface area contributed by atoms with Crippen molar-refractivity contribution in [3.63, 3.8) is 0 Å². The van der Waals surface area contributed by atoms with Gasteiger partial charge in [-0.1, -0.05) is 96.8 Å². The van der Waals surface area contributed by atoms with Crippen LogP contribution >= 0.6 is 0 Å². The van der Waals surface area contributed by atoms with Crippen molar-refractivity contribution in [1.29, 1.82) is 0 Å². The number of unbranched alkanes of at least 4 members (excludes halogenated alkanes) is 13. The van der Waals surface area contributed by atoms with Crippen molar-refractivity contribution in [3.8, 4) is 0 Å². The Bertz CT molecular complexity index is 970. The molecule has 0 radical (unpaired) electrons. The number of hydrogen-bond acceptors (Lipinski definition) is 12. The second-order valence-electron chi connectivity index (χ2n) is 11.7. The Morgan fingerprint density at radius 1 is 0.587 bits per heavy atom. The van der Waals surface area contributed by atoms with Crippen molar-refractivity contribution in [2.24, 2.45) is 0 Å². The van der Waals surface area contributed by atoms with E-state index in [4.69, 9.17) is 28.4 Å². The number of amides is 1. The third-order valence-corrected chi connectivity index (χ3v) is 7.59. The van der Waals surface area contributed by atoms with Crippen molar-refractivity contribution < 1.29 is 57.2 Å². The lowest BCUT2D eigenvalue weighted by atomic mass is 9.96. The smallest absolute Gasteiger partial charge is 0.328 e. The Labute approximate surface area is 273 Å². The molecule has 6 atom stereocenters. The van der Waals surface area contributed by atoms with Gasteiger partial charge in [-0.25, -0.2) is 4.79 Å². The fraction of sp³-hybridized carbons (Fsp3) is 0.818. The van der Waals surface area contributed by atoms with Crippen LogP contribution in [0.2, 0.25) is 0 Å². The van der Waals surface area contributed by atoms with Crippen LogP contribution in [0.15, 0.2) is 0 Å². The molecule has 1 N–H and O–H groups in total. The summed E-state index contributed by atoms with van der Waals surface area (Å²) >= 11 is 0. The Hall–Kier alpha value is -3.22. The minimum Gasteiger partial charge on any atom is -0.467 e. The summed E-state index contributed by atoms with van der Waals surface area (Å²) in [6.07, 6.45) is 8.46. The first-order valence-electron chi connectivity index (χ1n) is 16.6. The van der Waals surface area contributed by atoms with Crippen LogP contribution in [0, 0.1) is 0 Å². The monoisotopic (exact) mass is 657 g/mol. The first kappa shape index (κ1) is 40.8. The molecule has 1 fully saturated rings. The number of methoxy groups -OCH3 is 1. The summed E-state index contributed by atoms with van der Waals surface area (Å²) in [5, 5.41) is 2.57. The van der Waals surface area contributed by atoms with Gasteiger partial charge in [0.05, 0.1) is 7.11 Å². The van der Waals surface area contributed by atoms with Crippen molar-refractivity contribution in [3.05, 3.63) is 0 Å². The van der Waals surface area contributed by atoms with Crippen LogP contribution in [0.4, 0.5) is 0 Å². The number of carbonyl (C=O) groups is 6. The van der Waals surface area contributed by atoms with Crippen LogP contribution in [0.3, 0.4) is 0 Å². The molecule has 1 aliphatic rings. The van der Waals surface area contributed by atoms with Gasteiger partial charge in [-0.05, 0) is 6.42 Å². The number of esters is 5. The Morgan fingerprint density at radius 3 is 1.43 bits per heavy atom. The SMILES string of the molecule is CCCCCCCCCCCCCCCC[C@H](NC(=O)[C@H]1OC(OC(C)=O)[C@H](OC(C)=O)[C@@H](OC(C)=O)[C@@H]1OC(C)=O)C(=O)OC. The molecule has 0 aromatic carbocycles. The molecule has 1 amide bonds. The summed E-state index contributed by atoms with van der Waals surface area (Å²) in [6, 6.07) is -1.05. The number of hydrogen-bond donors (Lipinski definition) is 1. The van der Waals surface area contributed by atoms with Crippen molar-refractivity contribution >= 4 is 35.8 Å². The van der Waals surface area contributed by atoms with Gasteiger partial charge in [0.2, 0.25) is 12.4 Å². The number of rotatable bonds is 22. The standard InChI is InChI=1S/C33H55NO12/c1-7-8-9-10-11-12-13-14-15-16-17-18-19-20-21-26(32(40)41-6)34-31(39)29-27(42-22(2)35)28(43-23(3)36)30(44-24(4)37)33(46-29)45-25(5)38/h26-30,33H,7-21H2,1-6H3,(H,34,39)/t26-,27-,28-,29-,30+,33?/m0/s1. The van der Waals surface area contributed by atoms with Crippen LogP contribution in [-0.2, 0) is 57.2 Å². The molecule has 13 nitrogen and oxygen atoms in total. The maximum atomic E-state index is 13.5. The first-order valence-corrected chi connectivity index (χ1v) is 16.6. The van der Waals surface area contributed by atoms with E-state index in [0.717, 1.165) is 53.4 Å². The molecular weight excluding hydrogens is 602 g/mol. The topological polar surface area (TPSA) is 170 Å². The van der Waals surface area contributed by atoms with Gasteiger partial charge in [0, 0.05) is 27.7 Å². The lowest BCUT2D eigenvalue weighted by Crippen LogP contribution is -2.66. The van der Waals surface area contributed by atoms with Crippen LogP contribution in [0.1, 0.15) is 131 Å². The number of carbonyl (C=O) groups excluding carboxylic acids is 6. The van der Waals surface area contributed by atoms with E-state index in [2.05, 4.69) is 12.2 Å². The van der Waals surface area contributed by atoms with E-state index in [-0.39, 0.29) is 6.42 Å². The molecule has 0 aromatic heterocycles. The molecule has 1 unspecified atom stereocenters. The second-order valence-corrected chi connectivity index (χ2v) is 11.7. The molecule has 0 spiro atoms. The van der Waals surface area contributed by atoms with Gasteiger partial charge in [0.25, 0.3) is 5.91 Å². The molecule has 13 heteroatoms. The van der Waals surface area contributed by atoms with E-state index in [1.165, 1.54) is 64.9 Å². The third kappa shape index (κ3) is 16.4. The van der Waals surface area contributed by atoms with Crippen LogP contribution in [0.25, 0.3) is 0 Å². The molecule has 0 aromatic rings. The van der Waals surface area contributed by atoms with Crippen molar-refractivity contribution in [2.45, 2.75) is 168 Å². The molecule has 1 rings (SSSR count). The number of nitrogens with one attached hydrogen (secondary N) is 1. The molecule has 1 aliphatic heterocycles. The van der Waals surface area contributed by atoms with Gasteiger partial charge in [-0.15, -0.1) is 0 Å². The predicted octanol–water partition coefficient (Wildman–Crippen LogP) is 4.60. The van der Waals surface area contributed by atoms with E-state index in [1.807, 2.05) is 0 Å². The minimum atomic E-state index is -1.71. The molecule has 46 heavy (non-hydrogen) atoms. The quantitative estimate of drug-likeness (QED) is 0.0977. The second kappa shape index (κ2) is 23.2. The highest BCUT2D eigenvalue weighted by Gasteiger charge is 2.55. The zero-order valence-corrected chi connectivity index (χ0v) is 28.5. The molecular formula is C33H55NO12. The summed E-state index contributed by atoms with van der Waals surface area (Å²) < 4.78 is 31.5. The Balaban J connectivity index is 2.81. The van der Waals surface area contributed by atoms with Gasteiger partial charge < -0.3 is 33.7 Å². The Morgan fingerprint density at radius 2 is 1.00 bits per heavy atom. The first-order chi connectivity index (χ1) is 21.9. The highest BCUT2D eigenvalue weighted by atomic mass is 16.7. The predicted molar refractivity (Wildman–Crippen MR) is 166 cm³/mol. The van der Waals surface area contributed by atoms with E-state index in [0.29, 0.717) is 6.42 Å². The number of ether oxygens (including phenoxy) is 6. The van der Waals surface area contributed by atoms with Crippen LogP contribution in [0.5, 0.6) is 0 Å². The zero-order chi connectivity index (χ0) is 34.5. The molecule has 264 valence electrons. The summed E-state index contributed by atoms with van der Waals surface area (Å²) in [5.41, 5.74) is 0. The van der Waals surface area contributed by atoms with E-state index in [9.17, 15) is 28.8 Å². The van der Waals surface area contributed by atoms with Gasteiger partial charge in [0.1, 0.15) is 6.04 Å². The van der Waals surface area contributed by atoms with E-state index >= 15 is 0 Å². The molecule has 0 aliphatic carbocycles. The lowest BCUT2D eigenvalue weighted by Gasteiger charge is -2.43. The average molecular weight is 658 g/mol. The highest BCUT2D eigenvalue weighted by Crippen LogP contribution is 2.30. The molecule has 0 saturated carbocycles. The molecule has 0 bridgehead atoms. The van der Waals surface area contributed by atoms with E-state index < -0.39 is 72.5 Å². The van der Waals surface area contributed by atoms with Crippen LogP contribution in [-0.4, -0.2) is 79.6 Å². The van der Waals surface area contributed by atoms with Crippen LogP contribution < -0.4 is 5.32 Å². The molecule has 1 saturated heterocycles. The lowest BCUT2D eigenvalue weighted by molar-refractivity contribution is -0.290. The van der Waals surface area contributed by atoms with E-state index in [1.54, 1.807) is 0 Å². The largest absolute Gasteiger partial charge is 0.467 e. The molecule has 1 heterocycles. The fourth-order valence-electron chi connectivity index (χ4n) is 5.43. The van der Waals surface area contributed by atoms with Gasteiger partial charge in [-0.2, -0.15) is 0 Å². The normalized spacial score (nSPS) is 21.4. The van der Waals surface area contributed by atoms with Crippen molar-refractivity contribution in [1.82, 2.24) is 5.32 Å². The maximum Gasteiger partial charge on any atom is 0.328 e. The summed E-state index contributed by atoms with van der Waals surface area (Å²) in [4.78, 5) is 73.8. The fourth-order valence-corrected chi connectivity index (χ4v) is 5.43. The average Bonchev–Trinajstić information content (AvgIpc) is 2.98. The third-order valence-electron chi connectivity index (χ3n) is 7.59. The zero-order valence-electron chi connectivity index (χ0n) is 28.5.